The summed E-state index contributed by atoms with van der Waals surface area (Å²) in [5.41, 5.74) is 10.1. The first kappa shape index (κ1) is 14.1. The summed E-state index contributed by atoms with van der Waals surface area (Å²) >= 11 is 0. The van der Waals surface area contributed by atoms with E-state index in [1.54, 1.807) is 16.5 Å². The average molecular weight is 295 g/mol. The molecule has 0 saturated carbocycles. The van der Waals surface area contributed by atoms with E-state index in [1.165, 1.54) is 0 Å². The number of aryl methyl sites for hydroxylation is 3. The lowest BCUT2D eigenvalue weighted by molar-refractivity contribution is 0.111. The SMILES string of the molecule is Cc1ccn2c(C=O)c(CCc3ccc(N)c(O)c3)nc2c1. The zero-order valence-electron chi connectivity index (χ0n) is 12.3. The highest BCUT2D eigenvalue weighted by Crippen LogP contribution is 2.22. The van der Waals surface area contributed by atoms with Crippen LogP contribution in [-0.2, 0) is 12.8 Å². The molecule has 5 nitrogen and oxygen atoms in total. The first-order chi connectivity index (χ1) is 10.6. The molecular formula is C17H17N3O2. The number of nitrogen functional groups attached to an aromatic ring is 1. The van der Waals surface area contributed by atoms with Crippen molar-refractivity contribution in [2.75, 3.05) is 5.73 Å². The maximum absolute atomic E-state index is 11.4. The summed E-state index contributed by atoms with van der Waals surface area (Å²) in [5, 5.41) is 9.64. The maximum atomic E-state index is 11.4. The van der Waals surface area contributed by atoms with E-state index in [0.29, 0.717) is 24.2 Å². The summed E-state index contributed by atoms with van der Waals surface area (Å²) in [6.45, 7) is 1.99. The Hall–Kier alpha value is -2.82. The smallest absolute Gasteiger partial charge is 0.168 e. The topological polar surface area (TPSA) is 80.6 Å². The molecule has 0 saturated heterocycles. The molecule has 1 aromatic carbocycles. The molecule has 0 spiro atoms. The second-order valence-electron chi connectivity index (χ2n) is 5.39. The van der Waals surface area contributed by atoms with Gasteiger partial charge in [-0.3, -0.25) is 9.20 Å². The summed E-state index contributed by atoms with van der Waals surface area (Å²) in [5.74, 6) is 0.0822. The highest BCUT2D eigenvalue weighted by molar-refractivity contribution is 5.76. The lowest BCUT2D eigenvalue weighted by Crippen LogP contribution is -1.98. The van der Waals surface area contributed by atoms with Crippen LogP contribution >= 0.6 is 0 Å². The van der Waals surface area contributed by atoms with Gasteiger partial charge in [-0.15, -0.1) is 0 Å². The Balaban J connectivity index is 1.89. The number of fused-ring (bicyclic) bond motifs is 1. The van der Waals surface area contributed by atoms with E-state index in [1.807, 2.05) is 31.3 Å². The van der Waals surface area contributed by atoms with E-state index in [2.05, 4.69) is 4.98 Å². The first-order valence-electron chi connectivity index (χ1n) is 7.08. The molecule has 0 aliphatic heterocycles. The number of rotatable bonds is 4. The van der Waals surface area contributed by atoms with Gasteiger partial charge in [0.15, 0.2) is 6.29 Å². The van der Waals surface area contributed by atoms with Crippen LogP contribution in [0.15, 0.2) is 36.5 Å². The number of imidazole rings is 1. The number of nitrogens with two attached hydrogens (primary N) is 1. The summed E-state index contributed by atoms with van der Waals surface area (Å²) in [6, 6.07) is 9.10. The molecular weight excluding hydrogens is 278 g/mol. The van der Waals surface area contributed by atoms with Crippen LogP contribution in [-0.4, -0.2) is 20.8 Å². The molecule has 2 heterocycles. The maximum Gasteiger partial charge on any atom is 0.168 e. The van der Waals surface area contributed by atoms with Gasteiger partial charge in [0.05, 0.1) is 11.4 Å². The number of nitrogens with zero attached hydrogens (tertiary/aromatic N) is 2. The van der Waals surface area contributed by atoms with Gasteiger partial charge in [-0.2, -0.15) is 0 Å². The number of carbonyl (C=O) groups is 1. The van der Waals surface area contributed by atoms with Crippen molar-refractivity contribution < 1.29 is 9.90 Å². The van der Waals surface area contributed by atoms with Crippen molar-refractivity contribution >= 4 is 17.6 Å². The van der Waals surface area contributed by atoms with Gasteiger partial charge in [0.1, 0.15) is 17.1 Å². The van der Waals surface area contributed by atoms with Crippen molar-refractivity contribution in [3.8, 4) is 5.75 Å². The Morgan fingerprint density at radius 1 is 1.27 bits per heavy atom. The third-order valence-electron chi connectivity index (χ3n) is 3.75. The van der Waals surface area contributed by atoms with Crippen LogP contribution < -0.4 is 5.73 Å². The van der Waals surface area contributed by atoms with Gasteiger partial charge in [0.2, 0.25) is 0 Å². The molecule has 112 valence electrons. The number of hydrogen-bond acceptors (Lipinski definition) is 4. The highest BCUT2D eigenvalue weighted by Gasteiger charge is 2.12. The van der Waals surface area contributed by atoms with Crippen LogP contribution in [0.1, 0.15) is 27.3 Å². The number of phenols is 1. The van der Waals surface area contributed by atoms with Crippen LogP contribution in [0.2, 0.25) is 0 Å². The van der Waals surface area contributed by atoms with Crippen molar-refractivity contribution in [2.45, 2.75) is 19.8 Å². The second kappa shape index (κ2) is 5.52. The molecule has 0 fully saturated rings. The fraction of sp³-hybridized carbons (Fsp3) is 0.176. The van der Waals surface area contributed by atoms with Crippen molar-refractivity contribution in [1.29, 1.82) is 0 Å². The molecule has 0 aliphatic rings. The van der Waals surface area contributed by atoms with Crippen LogP contribution in [0.3, 0.4) is 0 Å². The van der Waals surface area contributed by atoms with E-state index >= 15 is 0 Å². The fourth-order valence-corrected chi connectivity index (χ4v) is 2.53. The first-order valence-corrected chi connectivity index (χ1v) is 7.08. The van der Waals surface area contributed by atoms with Gasteiger partial charge in [0, 0.05) is 6.20 Å². The van der Waals surface area contributed by atoms with Gasteiger partial charge >= 0.3 is 0 Å². The molecule has 3 N–H and O–H groups in total. The van der Waals surface area contributed by atoms with Crippen molar-refractivity contribution in [3.63, 3.8) is 0 Å². The molecule has 0 atom stereocenters. The molecule has 3 rings (SSSR count). The Kier molecular flexibility index (Phi) is 3.55. The number of hydrogen-bond donors (Lipinski definition) is 2. The molecule has 0 radical (unpaired) electrons. The minimum atomic E-state index is 0.0822. The number of carbonyl (C=O) groups excluding carboxylic acids is 1. The lowest BCUT2D eigenvalue weighted by Gasteiger charge is -2.03. The van der Waals surface area contributed by atoms with Gasteiger partial charge in [-0.1, -0.05) is 6.07 Å². The standard InChI is InChI=1S/C17H17N3O2/c1-11-6-7-20-15(10-21)14(19-17(20)8-11)5-3-12-2-4-13(18)16(22)9-12/h2,4,6-10,22H,3,5,18H2,1H3. The molecule has 22 heavy (non-hydrogen) atoms. The average Bonchev–Trinajstić information content (AvgIpc) is 2.85. The van der Waals surface area contributed by atoms with Gasteiger partial charge < -0.3 is 10.8 Å². The highest BCUT2D eigenvalue weighted by atomic mass is 16.3. The molecule has 0 bridgehead atoms. The minimum Gasteiger partial charge on any atom is -0.506 e. The van der Waals surface area contributed by atoms with Crippen LogP contribution in [0.25, 0.3) is 5.65 Å². The number of aromatic nitrogens is 2. The van der Waals surface area contributed by atoms with Gasteiger partial charge in [0.25, 0.3) is 0 Å². The number of aldehydes is 1. The van der Waals surface area contributed by atoms with E-state index in [-0.39, 0.29) is 5.75 Å². The van der Waals surface area contributed by atoms with E-state index in [0.717, 1.165) is 28.8 Å². The van der Waals surface area contributed by atoms with Gasteiger partial charge in [-0.25, -0.2) is 4.98 Å². The predicted molar refractivity (Wildman–Crippen MR) is 85.2 cm³/mol. The molecule has 0 aliphatic carbocycles. The number of anilines is 1. The lowest BCUT2D eigenvalue weighted by atomic mass is 10.1. The van der Waals surface area contributed by atoms with E-state index in [4.69, 9.17) is 5.73 Å². The Morgan fingerprint density at radius 3 is 2.82 bits per heavy atom. The minimum absolute atomic E-state index is 0.0822. The molecule has 0 amide bonds. The number of aromatic hydroxyl groups is 1. The summed E-state index contributed by atoms with van der Waals surface area (Å²) < 4.78 is 1.80. The summed E-state index contributed by atoms with van der Waals surface area (Å²) in [6.07, 6.45) is 4.00. The molecule has 0 unspecified atom stereocenters. The van der Waals surface area contributed by atoms with E-state index in [9.17, 15) is 9.90 Å². The second-order valence-corrected chi connectivity index (χ2v) is 5.39. The van der Waals surface area contributed by atoms with Crippen molar-refractivity contribution in [1.82, 2.24) is 9.38 Å². The number of phenolic OH excluding ortho intramolecular Hbond substituents is 1. The Labute approximate surface area is 128 Å². The van der Waals surface area contributed by atoms with Crippen LogP contribution in [0.4, 0.5) is 5.69 Å². The summed E-state index contributed by atoms with van der Waals surface area (Å²) in [7, 11) is 0. The number of pyridine rings is 1. The van der Waals surface area contributed by atoms with E-state index < -0.39 is 0 Å². The molecule has 3 aromatic rings. The summed E-state index contributed by atoms with van der Waals surface area (Å²) in [4.78, 5) is 15.9. The van der Waals surface area contributed by atoms with Crippen LogP contribution in [0, 0.1) is 6.92 Å². The molecule has 2 aromatic heterocycles. The Bertz CT molecular complexity index is 852. The van der Waals surface area contributed by atoms with Crippen molar-refractivity contribution in [2.24, 2.45) is 0 Å². The van der Waals surface area contributed by atoms with Gasteiger partial charge in [-0.05, 0) is 55.2 Å². The molecule has 5 heteroatoms. The quantitative estimate of drug-likeness (QED) is 0.440. The third kappa shape index (κ3) is 2.53. The number of benzene rings is 1. The Morgan fingerprint density at radius 2 is 2.09 bits per heavy atom. The van der Waals surface area contributed by atoms with Crippen molar-refractivity contribution in [3.05, 3.63) is 59.0 Å². The third-order valence-corrected chi connectivity index (χ3v) is 3.75. The fourth-order valence-electron chi connectivity index (χ4n) is 2.53. The zero-order chi connectivity index (χ0) is 15.7. The predicted octanol–water partition coefficient (Wildman–Crippen LogP) is 2.53. The monoisotopic (exact) mass is 295 g/mol. The van der Waals surface area contributed by atoms with Crippen LogP contribution in [0.5, 0.6) is 5.75 Å². The zero-order valence-corrected chi connectivity index (χ0v) is 12.3. The largest absolute Gasteiger partial charge is 0.506 e. The normalized spacial score (nSPS) is 11.0.